The van der Waals surface area contributed by atoms with Gasteiger partial charge in [0.25, 0.3) is 5.91 Å². The highest BCUT2D eigenvalue weighted by Gasteiger charge is 2.30. The first-order valence-corrected chi connectivity index (χ1v) is 11.8. The van der Waals surface area contributed by atoms with Crippen LogP contribution in [0.4, 0.5) is 4.39 Å². The van der Waals surface area contributed by atoms with Crippen molar-refractivity contribution in [1.29, 1.82) is 0 Å². The summed E-state index contributed by atoms with van der Waals surface area (Å²) in [7, 11) is -3.47. The van der Waals surface area contributed by atoms with Crippen LogP contribution in [-0.4, -0.2) is 41.5 Å². The van der Waals surface area contributed by atoms with Crippen LogP contribution in [0, 0.1) is 5.82 Å². The second kappa shape index (κ2) is 7.66. The Morgan fingerprint density at radius 1 is 1.12 bits per heavy atom. The van der Waals surface area contributed by atoms with Gasteiger partial charge in [-0.15, -0.1) is 0 Å². The van der Waals surface area contributed by atoms with Crippen molar-refractivity contribution in [2.75, 3.05) is 6.54 Å². The molecule has 2 amide bonds. The van der Waals surface area contributed by atoms with E-state index in [4.69, 9.17) is 5.73 Å². The molecule has 0 fully saturated rings. The average Bonchev–Trinajstić information content (AvgIpc) is 3.31. The number of benzene rings is 2. The topological polar surface area (TPSA) is 115 Å². The molecule has 0 radical (unpaired) electrons. The van der Waals surface area contributed by atoms with E-state index in [1.807, 2.05) is 0 Å². The molecule has 0 saturated carbocycles. The van der Waals surface area contributed by atoms with Crippen LogP contribution in [0.1, 0.15) is 27.2 Å². The summed E-state index contributed by atoms with van der Waals surface area (Å²) in [6, 6.07) is 10.7. The van der Waals surface area contributed by atoms with E-state index in [0.717, 1.165) is 5.41 Å². The Kier molecular flexibility index (Phi) is 4.89. The summed E-state index contributed by atoms with van der Waals surface area (Å²) >= 11 is 0. The summed E-state index contributed by atoms with van der Waals surface area (Å²) in [5.41, 5.74) is 8.17. The molecule has 10 heteroatoms. The normalized spacial score (nSPS) is 15.8. The number of carbonyl (C=O) groups excluding carboxylic acids is 2. The maximum atomic E-state index is 13.7. The molecule has 2 aliphatic rings. The highest BCUT2D eigenvalue weighted by atomic mass is 32.2. The van der Waals surface area contributed by atoms with Gasteiger partial charge in [-0.25, -0.2) is 12.8 Å². The molecule has 0 saturated heterocycles. The van der Waals surface area contributed by atoms with Gasteiger partial charge in [-0.1, -0.05) is 24.3 Å². The van der Waals surface area contributed by atoms with Crippen LogP contribution in [0.25, 0.3) is 17.3 Å². The summed E-state index contributed by atoms with van der Waals surface area (Å²) in [6.45, 7) is 0.822. The monoisotopic (exact) mass is 466 g/mol. The number of halogens is 1. The first-order chi connectivity index (χ1) is 15.7. The van der Waals surface area contributed by atoms with Crippen molar-refractivity contribution in [2.24, 2.45) is 5.73 Å². The van der Waals surface area contributed by atoms with E-state index in [9.17, 15) is 22.4 Å². The highest BCUT2D eigenvalue weighted by molar-refractivity contribution is 7.94. The van der Waals surface area contributed by atoms with Gasteiger partial charge in [0.15, 0.2) is 9.84 Å². The zero-order chi connectivity index (χ0) is 23.3. The molecule has 8 nitrogen and oxygen atoms in total. The largest absolute Gasteiger partial charge is 0.365 e. The first kappa shape index (κ1) is 21.1. The minimum absolute atomic E-state index is 0.0135. The molecule has 0 unspecified atom stereocenters. The summed E-state index contributed by atoms with van der Waals surface area (Å²) in [5, 5.41) is 5.60. The van der Waals surface area contributed by atoms with E-state index in [1.165, 1.54) is 30.3 Å². The quantitative estimate of drug-likeness (QED) is 0.633. The van der Waals surface area contributed by atoms with E-state index in [-0.39, 0.29) is 35.0 Å². The Labute approximate surface area is 189 Å². The van der Waals surface area contributed by atoms with Crippen molar-refractivity contribution >= 4 is 27.7 Å². The number of sulfone groups is 1. The molecular formula is C23H19FN4O4S. The molecule has 3 aromatic rings. The number of fused-ring (bicyclic) bond motifs is 2. The van der Waals surface area contributed by atoms with Gasteiger partial charge in [0.2, 0.25) is 5.91 Å². The molecule has 0 bridgehead atoms. The molecule has 168 valence electrons. The van der Waals surface area contributed by atoms with Crippen molar-refractivity contribution in [3.63, 3.8) is 0 Å². The summed E-state index contributed by atoms with van der Waals surface area (Å²) < 4.78 is 39.6. The lowest BCUT2D eigenvalue weighted by Crippen LogP contribution is -2.40. The predicted molar refractivity (Wildman–Crippen MR) is 118 cm³/mol. The molecule has 0 spiro atoms. The van der Waals surface area contributed by atoms with Gasteiger partial charge >= 0.3 is 0 Å². The second-order valence-electron chi connectivity index (χ2n) is 7.98. The average molecular weight is 466 g/mol. The van der Waals surface area contributed by atoms with Gasteiger partial charge in [-0.05, 0) is 35.4 Å². The fraction of sp³-hybridized carbons (Fsp3) is 0.174. The van der Waals surface area contributed by atoms with Crippen LogP contribution in [0.15, 0.2) is 52.8 Å². The van der Waals surface area contributed by atoms with Crippen molar-refractivity contribution in [1.82, 2.24) is 14.7 Å². The van der Waals surface area contributed by atoms with Crippen LogP contribution in [0.5, 0.6) is 0 Å². The maximum Gasteiger partial charge on any atom is 0.252 e. The second-order valence-corrected chi connectivity index (χ2v) is 9.78. The lowest BCUT2D eigenvalue weighted by atomic mass is 10.0. The van der Waals surface area contributed by atoms with Gasteiger partial charge in [0.05, 0.1) is 35.7 Å². The Hall–Kier alpha value is -3.79. The van der Waals surface area contributed by atoms with Crippen LogP contribution in [0.3, 0.4) is 0 Å². The SMILES string of the molecule is NC(=O)c1c(-c2cccc(F)c2)nn2c1CN(C(=O)Cc1ccc3c(c1)S(=O)(=O)C=C3)CC2. The van der Waals surface area contributed by atoms with Crippen molar-refractivity contribution in [3.05, 3.63) is 76.1 Å². The lowest BCUT2D eigenvalue weighted by molar-refractivity contribution is -0.132. The van der Waals surface area contributed by atoms with Gasteiger partial charge in [-0.3, -0.25) is 14.3 Å². The molecule has 1 aromatic heterocycles. The van der Waals surface area contributed by atoms with E-state index >= 15 is 0 Å². The molecule has 2 N–H and O–H groups in total. The number of carbonyl (C=O) groups is 2. The minimum atomic E-state index is -3.47. The number of nitrogens with zero attached hydrogens (tertiary/aromatic N) is 3. The number of hydrogen-bond donors (Lipinski definition) is 1. The van der Waals surface area contributed by atoms with Gasteiger partial charge < -0.3 is 10.6 Å². The molecule has 0 atom stereocenters. The lowest BCUT2D eigenvalue weighted by Gasteiger charge is -2.28. The van der Waals surface area contributed by atoms with Gasteiger partial charge in [0, 0.05) is 17.5 Å². The van der Waals surface area contributed by atoms with Crippen LogP contribution in [0.2, 0.25) is 0 Å². The van der Waals surface area contributed by atoms with Crippen LogP contribution in [-0.2, 0) is 34.1 Å². The minimum Gasteiger partial charge on any atom is -0.365 e. The van der Waals surface area contributed by atoms with Gasteiger partial charge in [-0.2, -0.15) is 5.10 Å². The first-order valence-electron chi connectivity index (χ1n) is 10.2. The zero-order valence-corrected chi connectivity index (χ0v) is 18.2. The molecule has 2 aliphatic heterocycles. The van der Waals surface area contributed by atoms with E-state index in [2.05, 4.69) is 5.10 Å². The zero-order valence-electron chi connectivity index (χ0n) is 17.4. The number of nitrogens with two attached hydrogens (primary N) is 1. The summed E-state index contributed by atoms with van der Waals surface area (Å²) in [6.07, 6.45) is 1.54. The fourth-order valence-corrected chi connectivity index (χ4v) is 5.48. The van der Waals surface area contributed by atoms with Crippen LogP contribution < -0.4 is 5.73 Å². The predicted octanol–water partition coefficient (Wildman–Crippen LogP) is 2.13. The Bertz CT molecular complexity index is 1460. The van der Waals surface area contributed by atoms with Crippen molar-refractivity contribution in [2.45, 2.75) is 24.4 Å². The molecule has 2 aromatic carbocycles. The Morgan fingerprint density at radius 2 is 1.94 bits per heavy atom. The molecule has 5 rings (SSSR count). The van der Waals surface area contributed by atoms with Crippen molar-refractivity contribution < 1.29 is 22.4 Å². The fourth-order valence-electron chi connectivity index (χ4n) is 4.22. The van der Waals surface area contributed by atoms with E-state index in [0.29, 0.717) is 35.5 Å². The number of rotatable bonds is 4. The standard InChI is InChI=1S/C23H19FN4O4S/c24-17-3-1-2-16(12-17)22-21(23(25)30)18-13-27(7-8-28(18)26-22)20(29)11-14-4-5-15-6-9-33(31,32)19(15)10-14/h1-6,9-10,12H,7-8,11,13H2,(H2,25,30). The van der Waals surface area contributed by atoms with E-state index in [1.54, 1.807) is 27.8 Å². The Morgan fingerprint density at radius 3 is 2.70 bits per heavy atom. The maximum absolute atomic E-state index is 13.7. The number of aromatic nitrogens is 2. The third-order valence-electron chi connectivity index (χ3n) is 5.84. The molecular weight excluding hydrogens is 447 g/mol. The van der Waals surface area contributed by atoms with E-state index < -0.39 is 21.6 Å². The number of primary amides is 1. The smallest absolute Gasteiger partial charge is 0.252 e. The number of hydrogen-bond acceptors (Lipinski definition) is 5. The Balaban J connectivity index is 1.41. The van der Waals surface area contributed by atoms with Crippen molar-refractivity contribution in [3.8, 4) is 11.3 Å². The third-order valence-corrected chi connectivity index (χ3v) is 7.30. The number of amides is 2. The van der Waals surface area contributed by atoms with Gasteiger partial charge in [0.1, 0.15) is 11.5 Å². The highest BCUT2D eigenvalue weighted by Crippen LogP contribution is 2.30. The third kappa shape index (κ3) is 3.72. The molecule has 0 aliphatic carbocycles. The van der Waals surface area contributed by atoms with Crippen LogP contribution >= 0.6 is 0 Å². The molecule has 33 heavy (non-hydrogen) atoms. The summed E-state index contributed by atoms with van der Waals surface area (Å²) in [4.78, 5) is 27.0. The molecule has 3 heterocycles. The summed E-state index contributed by atoms with van der Waals surface area (Å²) in [5.74, 6) is -1.38.